The van der Waals surface area contributed by atoms with Crippen molar-refractivity contribution in [3.63, 3.8) is 0 Å². The van der Waals surface area contributed by atoms with Crippen LogP contribution >= 0.6 is 15.9 Å². The number of allylic oxidation sites excluding steroid dienone is 3. The van der Waals surface area contributed by atoms with Crippen molar-refractivity contribution >= 4 is 49.5 Å². The van der Waals surface area contributed by atoms with Crippen LogP contribution in [0.1, 0.15) is 5.56 Å². The Morgan fingerprint density at radius 1 is 0.972 bits per heavy atom. The van der Waals surface area contributed by atoms with Gasteiger partial charge < -0.3 is 4.90 Å². The van der Waals surface area contributed by atoms with Gasteiger partial charge in [0.1, 0.15) is 5.57 Å². The second-order valence-electron chi connectivity index (χ2n) is 8.16. The SMILES string of the molecule is CN1C(=O)C(=C/C(=C/C=C/N2CCc3ccccc32)NS(=O)(=O)c2ccc(Br)cc2)C(=O)N(C)C1=O. The summed E-state index contributed by atoms with van der Waals surface area (Å²) in [6.07, 6.45) is 6.91. The summed E-state index contributed by atoms with van der Waals surface area (Å²) in [5.74, 6) is -1.65. The quantitative estimate of drug-likeness (QED) is 0.325. The first-order chi connectivity index (χ1) is 17.1. The number of urea groups is 1. The molecule has 186 valence electrons. The predicted octanol–water partition coefficient (Wildman–Crippen LogP) is 3.16. The van der Waals surface area contributed by atoms with E-state index in [-0.39, 0.29) is 16.2 Å². The van der Waals surface area contributed by atoms with Crippen molar-refractivity contribution in [2.45, 2.75) is 11.3 Å². The number of para-hydroxylation sites is 1. The molecule has 0 bridgehead atoms. The minimum absolute atomic E-state index is 0.00170. The maximum atomic E-state index is 13.0. The first-order valence-corrected chi connectivity index (χ1v) is 13.2. The minimum Gasteiger partial charge on any atom is -0.347 e. The first-order valence-electron chi connectivity index (χ1n) is 10.9. The summed E-state index contributed by atoms with van der Waals surface area (Å²) in [7, 11) is -1.54. The number of imide groups is 2. The fourth-order valence-corrected chi connectivity index (χ4v) is 5.15. The van der Waals surface area contributed by atoms with Crippen molar-refractivity contribution < 1.29 is 22.8 Å². The van der Waals surface area contributed by atoms with Gasteiger partial charge in [0, 0.05) is 42.7 Å². The van der Waals surface area contributed by atoms with E-state index in [2.05, 4.69) is 26.7 Å². The number of carbonyl (C=O) groups is 3. The van der Waals surface area contributed by atoms with Crippen LogP contribution in [0.25, 0.3) is 0 Å². The Hall–Kier alpha value is -3.70. The largest absolute Gasteiger partial charge is 0.347 e. The highest BCUT2D eigenvalue weighted by molar-refractivity contribution is 9.10. The lowest BCUT2D eigenvalue weighted by molar-refractivity contribution is -0.134. The summed E-state index contributed by atoms with van der Waals surface area (Å²) in [5, 5.41) is 0. The van der Waals surface area contributed by atoms with Crippen LogP contribution in [0.3, 0.4) is 0 Å². The van der Waals surface area contributed by atoms with Crippen LogP contribution in [-0.2, 0) is 26.0 Å². The highest BCUT2D eigenvalue weighted by Crippen LogP contribution is 2.27. The summed E-state index contributed by atoms with van der Waals surface area (Å²) in [5.41, 5.74) is 1.90. The predicted molar refractivity (Wildman–Crippen MR) is 138 cm³/mol. The third kappa shape index (κ3) is 5.12. The van der Waals surface area contributed by atoms with Crippen LogP contribution in [0.2, 0.25) is 0 Å². The molecule has 0 aromatic heterocycles. The third-order valence-electron chi connectivity index (χ3n) is 5.78. The molecule has 0 aliphatic carbocycles. The molecule has 2 aliphatic heterocycles. The van der Waals surface area contributed by atoms with Gasteiger partial charge in [-0.1, -0.05) is 34.1 Å². The molecule has 2 aromatic rings. The van der Waals surface area contributed by atoms with Gasteiger partial charge in [0.05, 0.1) is 4.90 Å². The summed E-state index contributed by atoms with van der Waals surface area (Å²) in [4.78, 5) is 41.0. The van der Waals surface area contributed by atoms with Crippen LogP contribution in [0.15, 0.2) is 93.6 Å². The number of halogens is 1. The zero-order valence-electron chi connectivity index (χ0n) is 19.5. The molecule has 4 rings (SSSR count). The Morgan fingerprint density at radius 3 is 2.28 bits per heavy atom. The van der Waals surface area contributed by atoms with Crippen LogP contribution in [0.5, 0.6) is 0 Å². The van der Waals surface area contributed by atoms with Gasteiger partial charge in [-0.2, -0.15) is 0 Å². The number of likely N-dealkylation sites (N-methyl/N-ethyl adjacent to an activating group) is 2. The molecule has 0 saturated carbocycles. The van der Waals surface area contributed by atoms with Crippen molar-refractivity contribution in [3.8, 4) is 0 Å². The van der Waals surface area contributed by atoms with Gasteiger partial charge in [-0.3, -0.25) is 24.1 Å². The van der Waals surface area contributed by atoms with Gasteiger partial charge in [-0.05, 0) is 60.5 Å². The number of amides is 4. The second kappa shape index (κ2) is 10.1. The molecular formula is C25H23BrN4O5S. The lowest BCUT2D eigenvalue weighted by Crippen LogP contribution is -2.53. The molecular weight excluding hydrogens is 548 g/mol. The number of hydrogen-bond acceptors (Lipinski definition) is 6. The fraction of sp³-hybridized carbons (Fsp3) is 0.160. The van der Waals surface area contributed by atoms with Gasteiger partial charge in [-0.15, -0.1) is 0 Å². The summed E-state index contributed by atoms with van der Waals surface area (Å²) < 4.78 is 29.3. The topological polar surface area (TPSA) is 107 Å². The fourth-order valence-electron chi connectivity index (χ4n) is 3.84. The van der Waals surface area contributed by atoms with Crippen LogP contribution in [-0.4, -0.2) is 56.7 Å². The molecule has 9 nitrogen and oxygen atoms in total. The highest BCUT2D eigenvalue weighted by Gasteiger charge is 2.38. The molecule has 11 heteroatoms. The molecule has 2 aromatic carbocycles. The van der Waals surface area contributed by atoms with Gasteiger partial charge in [0.25, 0.3) is 21.8 Å². The van der Waals surface area contributed by atoms with E-state index in [0.29, 0.717) is 4.47 Å². The summed E-state index contributed by atoms with van der Waals surface area (Å²) in [6.45, 7) is 0.763. The Balaban J connectivity index is 1.70. The number of anilines is 1. The van der Waals surface area contributed by atoms with Gasteiger partial charge in [0.2, 0.25) is 0 Å². The summed E-state index contributed by atoms with van der Waals surface area (Å²) >= 11 is 3.27. The van der Waals surface area contributed by atoms with Gasteiger partial charge in [-0.25, -0.2) is 13.2 Å². The molecule has 2 heterocycles. The maximum Gasteiger partial charge on any atom is 0.333 e. The number of sulfonamides is 1. The lowest BCUT2D eigenvalue weighted by atomic mass is 10.1. The van der Waals surface area contributed by atoms with E-state index in [4.69, 9.17) is 0 Å². The normalized spacial score (nSPS) is 16.8. The van der Waals surface area contributed by atoms with E-state index in [1.54, 1.807) is 24.4 Å². The average molecular weight is 571 g/mol. The molecule has 0 atom stereocenters. The number of nitrogens with one attached hydrogen (secondary N) is 1. The first kappa shape index (κ1) is 25.4. The number of rotatable bonds is 6. The molecule has 0 unspecified atom stereocenters. The Labute approximate surface area is 217 Å². The molecule has 36 heavy (non-hydrogen) atoms. The zero-order chi connectivity index (χ0) is 26.0. The van der Waals surface area contributed by atoms with Crippen molar-refractivity contribution in [1.29, 1.82) is 0 Å². The van der Waals surface area contributed by atoms with E-state index in [9.17, 15) is 22.8 Å². The number of benzene rings is 2. The number of carbonyl (C=O) groups excluding carboxylic acids is 3. The Bertz CT molecular complexity index is 1400. The van der Waals surface area contributed by atoms with Crippen molar-refractivity contribution in [2.75, 3.05) is 25.5 Å². The van der Waals surface area contributed by atoms with Gasteiger partial charge >= 0.3 is 6.03 Å². The van der Waals surface area contributed by atoms with Gasteiger partial charge in [0.15, 0.2) is 0 Å². The molecule has 4 amide bonds. The van der Waals surface area contributed by atoms with E-state index >= 15 is 0 Å². The smallest absolute Gasteiger partial charge is 0.333 e. The van der Waals surface area contributed by atoms with E-state index in [1.807, 2.05) is 23.1 Å². The number of nitrogens with zero attached hydrogens (tertiary/aromatic N) is 3. The standard InChI is InChI=1S/C25H23BrN4O5S/c1-28-23(31)21(24(32)29(2)25(28)33)16-19(27-36(34,35)20-11-9-18(26)10-12-20)7-5-14-30-15-13-17-6-3-4-8-22(17)30/h3-12,14,16,27H,13,15H2,1-2H3/b14-5+,19-7-. The Kier molecular flexibility index (Phi) is 7.14. The van der Waals surface area contributed by atoms with Crippen LogP contribution in [0.4, 0.5) is 10.5 Å². The van der Waals surface area contributed by atoms with Crippen LogP contribution < -0.4 is 9.62 Å². The Morgan fingerprint density at radius 2 is 1.61 bits per heavy atom. The number of barbiturate groups is 1. The second-order valence-corrected chi connectivity index (χ2v) is 10.8. The molecule has 1 fully saturated rings. The molecule has 0 radical (unpaired) electrons. The molecule has 0 spiro atoms. The van der Waals surface area contributed by atoms with Crippen LogP contribution in [0, 0.1) is 0 Å². The van der Waals surface area contributed by atoms with Crippen molar-refractivity contribution in [2.24, 2.45) is 0 Å². The summed E-state index contributed by atoms with van der Waals surface area (Å²) in [6, 6.07) is 13.2. The van der Waals surface area contributed by atoms with Crippen molar-refractivity contribution in [1.82, 2.24) is 14.5 Å². The maximum absolute atomic E-state index is 13.0. The highest BCUT2D eigenvalue weighted by atomic mass is 79.9. The van der Waals surface area contributed by atoms with Crippen molar-refractivity contribution in [3.05, 3.63) is 94.3 Å². The minimum atomic E-state index is -4.05. The third-order valence-corrected chi connectivity index (χ3v) is 7.71. The van der Waals surface area contributed by atoms with E-state index in [0.717, 1.165) is 34.5 Å². The molecule has 1 N–H and O–H groups in total. The lowest BCUT2D eigenvalue weighted by Gasteiger charge is -2.29. The zero-order valence-corrected chi connectivity index (χ0v) is 21.9. The number of fused-ring (bicyclic) bond motifs is 1. The monoisotopic (exact) mass is 570 g/mol. The average Bonchev–Trinajstić information content (AvgIpc) is 3.27. The molecule has 2 aliphatic rings. The number of hydrogen-bond donors (Lipinski definition) is 1. The molecule has 1 saturated heterocycles. The van der Waals surface area contributed by atoms with E-state index < -0.39 is 27.9 Å². The van der Waals surface area contributed by atoms with E-state index in [1.165, 1.54) is 37.9 Å².